The minimum atomic E-state index is -0.508. The van der Waals surface area contributed by atoms with Gasteiger partial charge in [0.25, 0.3) is 11.5 Å². The van der Waals surface area contributed by atoms with E-state index in [2.05, 4.69) is 10.3 Å². The number of nitrogens with zero attached hydrogens (tertiary/aromatic N) is 2. The molecule has 1 N–H and O–H groups in total. The van der Waals surface area contributed by atoms with Crippen molar-refractivity contribution in [2.75, 3.05) is 0 Å². The number of carbonyl (C=O) groups is 1. The maximum Gasteiger partial charge on any atom is 0.266 e. The van der Waals surface area contributed by atoms with Crippen molar-refractivity contribution in [2.45, 2.75) is 42.6 Å². The summed E-state index contributed by atoms with van der Waals surface area (Å²) in [5.41, 5.74) is 0.871. The molecular formula is C27H22ClF2N3O2S. The van der Waals surface area contributed by atoms with Crippen molar-refractivity contribution >= 4 is 40.2 Å². The third kappa shape index (κ3) is 5.01. The van der Waals surface area contributed by atoms with Crippen LogP contribution in [0.1, 0.15) is 41.6 Å². The van der Waals surface area contributed by atoms with Crippen molar-refractivity contribution in [1.29, 1.82) is 0 Å². The largest absolute Gasteiger partial charge is 0.349 e. The van der Waals surface area contributed by atoms with Crippen LogP contribution in [0.4, 0.5) is 8.78 Å². The van der Waals surface area contributed by atoms with Crippen molar-refractivity contribution in [3.63, 3.8) is 0 Å². The lowest BCUT2D eigenvalue weighted by atomic mass is 10.1. The molecule has 1 heterocycles. The van der Waals surface area contributed by atoms with Crippen molar-refractivity contribution in [3.8, 4) is 5.69 Å². The molecule has 4 aromatic rings. The highest BCUT2D eigenvalue weighted by molar-refractivity contribution is 7.98. The fourth-order valence-electron chi connectivity index (χ4n) is 4.39. The zero-order valence-electron chi connectivity index (χ0n) is 19.1. The third-order valence-electron chi connectivity index (χ3n) is 6.26. The Morgan fingerprint density at radius 1 is 1.08 bits per heavy atom. The van der Waals surface area contributed by atoms with Crippen molar-refractivity contribution < 1.29 is 13.6 Å². The fraction of sp³-hybridized carbons (Fsp3) is 0.222. The van der Waals surface area contributed by atoms with Crippen LogP contribution in [0, 0.1) is 11.6 Å². The van der Waals surface area contributed by atoms with Gasteiger partial charge in [0.1, 0.15) is 11.6 Å². The summed E-state index contributed by atoms with van der Waals surface area (Å²) < 4.78 is 29.7. The maximum atomic E-state index is 14.4. The summed E-state index contributed by atoms with van der Waals surface area (Å²) in [7, 11) is 0. The van der Waals surface area contributed by atoms with Gasteiger partial charge in [-0.2, -0.15) is 0 Å². The standard InChI is InChI=1S/C27H22ClF2N3O2S/c28-22-9-4-10-23(30)21(22)15-36-27-32-24-13-16(25(34)31-18-6-1-2-7-18)11-12-20(24)26(35)33(27)19-8-3-5-17(29)14-19/h3-5,8-14,18H,1-2,6-7,15H2,(H,31,34). The lowest BCUT2D eigenvalue weighted by Gasteiger charge is -2.15. The Hall–Kier alpha value is -3.23. The first kappa shape index (κ1) is 24.5. The van der Waals surface area contributed by atoms with E-state index < -0.39 is 17.2 Å². The summed E-state index contributed by atoms with van der Waals surface area (Å²) >= 11 is 7.29. The lowest BCUT2D eigenvalue weighted by Crippen LogP contribution is -2.32. The number of carbonyl (C=O) groups excluding carboxylic acids is 1. The van der Waals surface area contributed by atoms with Crippen LogP contribution in [0.2, 0.25) is 5.02 Å². The van der Waals surface area contributed by atoms with Crippen LogP contribution in [-0.2, 0) is 5.75 Å². The van der Waals surface area contributed by atoms with Gasteiger partial charge in [0.2, 0.25) is 0 Å². The highest BCUT2D eigenvalue weighted by Gasteiger charge is 2.20. The van der Waals surface area contributed by atoms with E-state index in [4.69, 9.17) is 11.6 Å². The number of halogens is 3. The first-order chi connectivity index (χ1) is 17.4. The van der Waals surface area contributed by atoms with E-state index in [9.17, 15) is 18.4 Å². The summed E-state index contributed by atoms with van der Waals surface area (Å²) in [6.07, 6.45) is 4.09. The van der Waals surface area contributed by atoms with Gasteiger partial charge in [-0.25, -0.2) is 13.8 Å². The van der Waals surface area contributed by atoms with Crippen LogP contribution in [-0.4, -0.2) is 21.5 Å². The molecule has 0 atom stereocenters. The molecule has 1 fully saturated rings. The molecule has 0 spiro atoms. The van der Waals surface area contributed by atoms with Crippen molar-refractivity contribution in [2.24, 2.45) is 0 Å². The minimum absolute atomic E-state index is 0.0978. The smallest absolute Gasteiger partial charge is 0.266 e. The number of fused-ring (bicyclic) bond motifs is 1. The van der Waals surface area contributed by atoms with Gasteiger partial charge in [-0.1, -0.05) is 48.3 Å². The van der Waals surface area contributed by atoms with Gasteiger partial charge in [0.15, 0.2) is 5.16 Å². The molecule has 1 amide bonds. The molecule has 184 valence electrons. The average Bonchev–Trinajstić information content (AvgIpc) is 3.36. The zero-order chi connectivity index (χ0) is 25.2. The molecule has 9 heteroatoms. The summed E-state index contributed by atoms with van der Waals surface area (Å²) in [6.45, 7) is 0. The summed E-state index contributed by atoms with van der Waals surface area (Å²) in [5, 5.41) is 3.81. The average molecular weight is 526 g/mol. The Kier molecular flexibility index (Phi) is 7.07. The quantitative estimate of drug-likeness (QED) is 0.238. The zero-order valence-corrected chi connectivity index (χ0v) is 20.7. The van der Waals surface area contributed by atoms with Crippen LogP contribution < -0.4 is 10.9 Å². The molecule has 1 aliphatic carbocycles. The summed E-state index contributed by atoms with van der Waals surface area (Å²) in [6, 6.07) is 14.9. The number of amides is 1. The van der Waals surface area contributed by atoms with Gasteiger partial charge in [0, 0.05) is 27.9 Å². The Bertz CT molecular complexity index is 1500. The predicted molar refractivity (Wildman–Crippen MR) is 138 cm³/mol. The minimum Gasteiger partial charge on any atom is -0.349 e. The van der Waals surface area contributed by atoms with Gasteiger partial charge in [0.05, 0.1) is 16.6 Å². The molecule has 0 radical (unpaired) electrons. The van der Waals surface area contributed by atoms with Crippen LogP contribution in [0.15, 0.2) is 70.6 Å². The third-order valence-corrected chi connectivity index (χ3v) is 7.58. The first-order valence-electron chi connectivity index (χ1n) is 11.6. The summed E-state index contributed by atoms with van der Waals surface area (Å²) in [4.78, 5) is 31.0. The number of hydrogen-bond donors (Lipinski definition) is 1. The van der Waals surface area contributed by atoms with E-state index in [1.165, 1.54) is 34.9 Å². The fourth-order valence-corrected chi connectivity index (χ4v) is 5.75. The lowest BCUT2D eigenvalue weighted by molar-refractivity contribution is 0.0938. The van der Waals surface area contributed by atoms with E-state index in [0.717, 1.165) is 37.4 Å². The molecule has 5 nitrogen and oxygen atoms in total. The van der Waals surface area contributed by atoms with Crippen LogP contribution in [0.25, 0.3) is 16.6 Å². The Balaban J connectivity index is 1.58. The van der Waals surface area contributed by atoms with Crippen LogP contribution >= 0.6 is 23.4 Å². The van der Waals surface area contributed by atoms with E-state index >= 15 is 0 Å². The SMILES string of the molecule is O=C(NC1CCCC1)c1ccc2c(=O)n(-c3cccc(F)c3)c(SCc3c(F)cccc3Cl)nc2c1. The molecular weight excluding hydrogens is 504 g/mol. The van der Waals surface area contributed by atoms with E-state index in [1.807, 2.05) is 0 Å². The highest BCUT2D eigenvalue weighted by Crippen LogP contribution is 2.29. The van der Waals surface area contributed by atoms with Gasteiger partial charge in [-0.15, -0.1) is 0 Å². The second-order valence-electron chi connectivity index (χ2n) is 8.69. The molecule has 0 saturated heterocycles. The van der Waals surface area contributed by atoms with Gasteiger partial charge in [-0.3, -0.25) is 14.2 Å². The van der Waals surface area contributed by atoms with E-state index in [0.29, 0.717) is 16.8 Å². The second-order valence-corrected chi connectivity index (χ2v) is 10.0. The molecule has 0 unspecified atom stereocenters. The number of nitrogens with one attached hydrogen (secondary N) is 1. The molecule has 1 saturated carbocycles. The van der Waals surface area contributed by atoms with Crippen LogP contribution in [0.5, 0.6) is 0 Å². The molecule has 1 aromatic heterocycles. The maximum absolute atomic E-state index is 14.4. The molecule has 0 aliphatic heterocycles. The van der Waals surface area contributed by atoms with Crippen molar-refractivity contribution in [3.05, 3.63) is 98.8 Å². The Labute approximate surface area is 215 Å². The number of thioether (sulfide) groups is 1. The molecule has 0 bridgehead atoms. The van der Waals surface area contributed by atoms with Crippen LogP contribution in [0.3, 0.4) is 0 Å². The Morgan fingerprint density at radius 2 is 1.86 bits per heavy atom. The number of rotatable bonds is 6. The molecule has 36 heavy (non-hydrogen) atoms. The molecule has 3 aromatic carbocycles. The second kappa shape index (κ2) is 10.4. The Morgan fingerprint density at radius 3 is 2.61 bits per heavy atom. The molecule has 1 aliphatic rings. The first-order valence-corrected chi connectivity index (χ1v) is 13.0. The number of benzene rings is 3. The van der Waals surface area contributed by atoms with Gasteiger partial charge < -0.3 is 5.32 Å². The number of hydrogen-bond acceptors (Lipinski definition) is 4. The summed E-state index contributed by atoms with van der Waals surface area (Å²) in [5.74, 6) is -1.10. The van der Waals surface area contributed by atoms with E-state index in [-0.39, 0.29) is 38.8 Å². The number of aromatic nitrogens is 2. The molecule has 5 rings (SSSR count). The van der Waals surface area contributed by atoms with Gasteiger partial charge in [-0.05, 0) is 61.4 Å². The van der Waals surface area contributed by atoms with Crippen molar-refractivity contribution in [1.82, 2.24) is 14.9 Å². The predicted octanol–water partition coefficient (Wildman–Crippen LogP) is 6.28. The monoisotopic (exact) mass is 525 g/mol. The topological polar surface area (TPSA) is 64.0 Å². The normalized spacial score (nSPS) is 13.9. The highest BCUT2D eigenvalue weighted by atomic mass is 35.5. The van der Waals surface area contributed by atoms with E-state index in [1.54, 1.807) is 30.3 Å². The van der Waals surface area contributed by atoms with Gasteiger partial charge >= 0.3 is 0 Å².